The Hall–Kier alpha value is -3.80. The smallest absolute Gasteiger partial charge is 0.269 e. The number of aldehydes is 1. The molecule has 0 bridgehead atoms. The minimum absolute atomic E-state index is 0.00785. The summed E-state index contributed by atoms with van der Waals surface area (Å²) in [4.78, 5) is 21.4. The molecule has 1 aliphatic rings. The first-order chi connectivity index (χ1) is 13.7. The molecule has 1 atom stereocenters. The van der Waals surface area contributed by atoms with Crippen molar-refractivity contribution < 1.29 is 9.72 Å². The normalized spacial score (nSPS) is 15.9. The lowest BCUT2D eigenvalue weighted by molar-refractivity contribution is -0.384. The summed E-state index contributed by atoms with van der Waals surface area (Å²) in [7, 11) is 0. The molecule has 6 nitrogen and oxygen atoms in total. The van der Waals surface area contributed by atoms with E-state index in [9.17, 15) is 14.9 Å². The fourth-order valence-corrected chi connectivity index (χ4v) is 3.34. The van der Waals surface area contributed by atoms with Gasteiger partial charge in [-0.1, -0.05) is 30.3 Å². The SMILES string of the molecule is O=Cc1ccc(N2N=C(c3ccc([N+](=O)[O-])cc3)CC2c2ccccc2)cc1. The second-order valence-electron chi connectivity index (χ2n) is 6.54. The highest BCUT2D eigenvalue weighted by atomic mass is 16.6. The number of carbonyl (C=O) groups is 1. The lowest BCUT2D eigenvalue weighted by Gasteiger charge is -2.24. The zero-order valence-corrected chi connectivity index (χ0v) is 14.9. The van der Waals surface area contributed by atoms with Crippen molar-refractivity contribution in [3.63, 3.8) is 0 Å². The van der Waals surface area contributed by atoms with Crippen molar-refractivity contribution in [2.24, 2.45) is 5.10 Å². The summed E-state index contributed by atoms with van der Waals surface area (Å²) in [5, 5.41) is 17.7. The molecule has 4 rings (SSSR count). The minimum atomic E-state index is -0.409. The number of nitro benzene ring substituents is 1. The summed E-state index contributed by atoms with van der Waals surface area (Å²) >= 11 is 0. The van der Waals surface area contributed by atoms with Gasteiger partial charge in [0.05, 0.1) is 22.4 Å². The van der Waals surface area contributed by atoms with Crippen LogP contribution < -0.4 is 5.01 Å². The van der Waals surface area contributed by atoms with E-state index in [1.165, 1.54) is 12.1 Å². The Labute approximate surface area is 161 Å². The Balaban J connectivity index is 1.71. The molecule has 0 saturated heterocycles. The fraction of sp³-hybridized carbons (Fsp3) is 0.0909. The molecule has 1 heterocycles. The Morgan fingerprint density at radius 2 is 1.64 bits per heavy atom. The number of hydrogen-bond donors (Lipinski definition) is 0. The van der Waals surface area contributed by atoms with Gasteiger partial charge in [0.25, 0.3) is 5.69 Å². The first kappa shape index (κ1) is 17.6. The zero-order valence-electron chi connectivity index (χ0n) is 14.9. The number of anilines is 1. The highest BCUT2D eigenvalue weighted by Crippen LogP contribution is 2.36. The van der Waals surface area contributed by atoms with E-state index in [4.69, 9.17) is 5.10 Å². The molecule has 6 heteroatoms. The number of nitro groups is 1. The van der Waals surface area contributed by atoms with Crippen LogP contribution in [0.5, 0.6) is 0 Å². The monoisotopic (exact) mass is 371 g/mol. The van der Waals surface area contributed by atoms with Crippen LogP contribution in [0, 0.1) is 10.1 Å². The van der Waals surface area contributed by atoms with Crippen LogP contribution in [0.4, 0.5) is 11.4 Å². The highest BCUT2D eigenvalue weighted by molar-refractivity contribution is 6.03. The first-order valence-corrected chi connectivity index (χ1v) is 8.87. The van der Waals surface area contributed by atoms with E-state index in [2.05, 4.69) is 12.1 Å². The van der Waals surface area contributed by atoms with Crippen LogP contribution in [0.3, 0.4) is 0 Å². The minimum Gasteiger partial charge on any atom is -0.298 e. The molecule has 0 N–H and O–H groups in total. The number of benzene rings is 3. The molecule has 28 heavy (non-hydrogen) atoms. The van der Waals surface area contributed by atoms with Crippen molar-refractivity contribution in [1.82, 2.24) is 0 Å². The van der Waals surface area contributed by atoms with Crippen molar-refractivity contribution in [2.75, 3.05) is 5.01 Å². The van der Waals surface area contributed by atoms with Crippen LogP contribution in [-0.2, 0) is 0 Å². The summed E-state index contributed by atoms with van der Waals surface area (Å²) in [6.07, 6.45) is 1.49. The summed E-state index contributed by atoms with van der Waals surface area (Å²) < 4.78 is 0. The Morgan fingerprint density at radius 3 is 2.25 bits per heavy atom. The van der Waals surface area contributed by atoms with Crippen molar-refractivity contribution >= 4 is 23.4 Å². The van der Waals surface area contributed by atoms with Crippen molar-refractivity contribution in [2.45, 2.75) is 12.5 Å². The second kappa shape index (κ2) is 7.44. The largest absolute Gasteiger partial charge is 0.298 e. The average Bonchev–Trinajstić information content (AvgIpc) is 3.20. The molecule has 0 spiro atoms. The van der Waals surface area contributed by atoms with Gasteiger partial charge in [0.2, 0.25) is 0 Å². The molecular weight excluding hydrogens is 354 g/mol. The predicted molar refractivity (Wildman–Crippen MR) is 108 cm³/mol. The third kappa shape index (κ3) is 3.40. The molecular formula is C22H17N3O3. The van der Waals surface area contributed by atoms with Crippen LogP contribution in [0.2, 0.25) is 0 Å². The maximum Gasteiger partial charge on any atom is 0.269 e. The summed E-state index contributed by atoms with van der Waals surface area (Å²) in [6.45, 7) is 0. The van der Waals surface area contributed by atoms with Crippen LogP contribution in [0.25, 0.3) is 0 Å². The van der Waals surface area contributed by atoms with Crippen molar-refractivity contribution in [3.05, 3.63) is 106 Å². The number of non-ortho nitro benzene ring substituents is 1. The van der Waals surface area contributed by atoms with E-state index < -0.39 is 4.92 Å². The van der Waals surface area contributed by atoms with Gasteiger partial charge in [-0.2, -0.15) is 5.10 Å². The Bertz CT molecular complexity index is 1030. The maximum absolute atomic E-state index is 10.9. The summed E-state index contributed by atoms with van der Waals surface area (Å²) in [6, 6.07) is 23.8. The molecule has 138 valence electrons. The van der Waals surface area contributed by atoms with Crippen molar-refractivity contribution in [3.8, 4) is 0 Å². The fourth-order valence-electron chi connectivity index (χ4n) is 3.34. The summed E-state index contributed by atoms with van der Waals surface area (Å²) in [5.74, 6) is 0. The van der Waals surface area contributed by atoms with Gasteiger partial charge in [-0.3, -0.25) is 19.9 Å². The Kier molecular flexibility index (Phi) is 4.68. The van der Waals surface area contributed by atoms with E-state index >= 15 is 0 Å². The third-order valence-corrected chi connectivity index (χ3v) is 4.80. The van der Waals surface area contributed by atoms with E-state index in [1.807, 2.05) is 35.3 Å². The third-order valence-electron chi connectivity index (χ3n) is 4.80. The number of hydrazone groups is 1. The molecule has 1 aliphatic heterocycles. The predicted octanol–water partition coefficient (Wildman–Crippen LogP) is 4.76. The highest BCUT2D eigenvalue weighted by Gasteiger charge is 2.30. The second-order valence-corrected chi connectivity index (χ2v) is 6.54. The number of nitrogens with zero attached hydrogens (tertiary/aromatic N) is 3. The maximum atomic E-state index is 10.9. The Morgan fingerprint density at radius 1 is 0.964 bits per heavy atom. The zero-order chi connectivity index (χ0) is 19.5. The van der Waals surface area contributed by atoms with Gasteiger partial charge < -0.3 is 0 Å². The number of rotatable bonds is 5. The topological polar surface area (TPSA) is 75.8 Å². The van der Waals surface area contributed by atoms with Crippen LogP contribution in [0.1, 0.15) is 33.9 Å². The lowest BCUT2D eigenvalue weighted by atomic mass is 9.98. The van der Waals surface area contributed by atoms with Gasteiger partial charge in [0.15, 0.2) is 0 Å². The van der Waals surface area contributed by atoms with Gasteiger partial charge in [0, 0.05) is 24.1 Å². The quantitative estimate of drug-likeness (QED) is 0.368. The first-order valence-electron chi connectivity index (χ1n) is 8.87. The lowest BCUT2D eigenvalue weighted by Crippen LogP contribution is -2.18. The molecule has 0 aromatic heterocycles. The molecule has 0 radical (unpaired) electrons. The molecule has 3 aromatic carbocycles. The van der Waals surface area contributed by atoms with Crippen LogP contribution >= 0.6 is 0 Å². The van der Waals surface area contributed by atoms with E-state index in [0.29, 0.717) is 12.0 Å². The van der Waals surface area contributed by atoms with E-state index in [-0.39, 0.29) is 11.7 Å². The van der Waals surface area contributed by atoms with Crippen LogP contribution in [-0.4, -0.2) is 16.9 Å². The van der Waals surface area contributed by atoms with Crippen molar-refractivity contribution in [1.29, 1.82) is 0 Å². The standard InChI is InChI=1S/C22H17N3O3/c26-15-16-6-10-19(11-7-16)24-22(18-4-2-1-3-5-18)14-21(23-24)17-8-12-20(13-9-17)25(27)28/h1-13,15,22H,14H2. The molecule has 3 aromatic rings. The molecule has 0 amide bonds. The number of carbonyl (C=O) groups excluding carboxylic acids is 1. The number of hydrogen-bond acceptors (Lipinski definition) is 5. The molecule has 0 saturated carbocycles. The molecule has 0 fully saturated rings. The molecule has 1 unspecified atom stereocenters. The van der Waals surface area contributed by atoms with Crippen LogP contribution in [0.15, 0.2) is 84.0 Å². The van der Waals surface area contributed by atoms with Gasteiger partial charge in [-0.25, -0.2) is 0 Å². The molecule has 0 aliphatic carbocycles. The van der Waals surface area contributed by atoms with Gasteiger partial charge in [-0.15, -0.1) is 0 Å². The van der Waals surface area contributed by atoms with E-state index in [1.54, 1.807) is 24.3 Å². The van der Waals surface area contributed by atoms with Gasteiger partial charge in [-0.05, 0) is 47.5 Å². The van der Waals surface area contributed by atoms with E-state index in [0.717, 1.165) is 28.8 Å². The summed E-state index contributed by atoms with van der Waals surface area (Å²) in [5.41, 5.74) is 4.41. The van der Waals surface area contributed by atoms with Gasteiger partial charge >= 0.3 is 0 Å². The average molecular weight is 371 g/mol. The van der Waals surface area contributed by atoms with Gasteiger partial charge in [0.1, 0.15) is 6.29 Å².